The number of benzene rings is 1. The van der Waals surface area contributed by atoms with Gasteiger partial charge in [0.15, 0.2) is 0 Å². The number of carbonyl (C=O) groups excluding carboxylic acids is 1. The van der Waals surface area contributed by atoms with Crippen LogP contribution in [0.5, 0.6) is 0 Å². The number of fused-ring (bicyclic) bond motifs is 1. The summed E-state index contributed by atoms with van der Waals surface area (Å²) in [5, 5.41) is 3.56. The summed E-state index contributed by atoms with van der Waals surface area (Å²) in [4.78, 5) is 16.9. The fourth-order valence-electron chi connectivity index (χ4n) is 3.82. The molecule has 2 heterocycles. The highest BCUT2D eigenvalue weighted by molar-refractivity contribution is 5.96. The molecule has 0 unspecified atom stereocenters. The molecule has 1 saturated heterocycles. The van der Waals surface area contributed by atoms with Crippen molar-refractivity contribution in [2.24, 2.45) is 0 Å². The Kier molecular flexibility index (Phi) is 4.25. The third kappa shape index (κ3) is 3.52. The third-order valence-electron chi connectivity index (χ3n) is 5.28. The second-order valence-corrected chi connectivity index (χ2v) is 7.21. The Labute approximate surface area is 138 Å². The summed E-state index contributed by atoms with van der Waals surface area (Å²) in [6.07, 6.45) is 7.87. The summed E-state index contributed by atoms with van der Waals surface area (Å²) in [5.74, 6) is 0.293. The van der Waals surface area contributed by atoms with Gasteiger partial charge in [0.2, 0.25) is 5.91 Å². The fraction of sp³-hybridized carbons (Fsp3) is 0.632. The molecule has 4 heteroatoms. The van der Waals surface area contributed by atoms with E-state index in [4.69, 9.17) is 0 Å². The third-order valence-corrected chi connectivity index (χ3v) is 5.28. The average molecular weight is 313 g/mol. The highest BCUT2D eigenvalue weighted by atomic mass is 16.2. The van der Waals surface area contributed by atoms with Gasteiger partial charge in [-0.25, -0.2) is 0 Å². The number of anilines is 2. The summed E-state index contributed by atoms with van der Waals surface area (Å²) in [7, 11) is 0. The van der Waals surface area contributed by atoms with Gasteiger partial charge in [-0.05, 0) is 81.9 Å². The van der Waals surface area contributed by atoms with Crippen molar-refractivity contribution in [3.05, 3.63) is 23.8 Å². The predicted molar refractivity (Wildman–Crippen MR) is 94.1 cm³/mol. The van der Waals surface area contributed by atoms with Gasteiger partial charge in [-0.2, -0.15) is 0 Å². The van der Waals surface area contributed by atoms with Crippen molar-refractivity contribution in [2.45, 2.75) is 51.0 Å². The number of nitrogens with zero attached hydrogens (tertiary/aromatic N) is 2. The van der Waals surface area contributed by atoms with Crippen molar-refractivity contribution in [3.63, 3.8) is 0 Å². The standard InChI is InChI=1S/C19H27N3O/c23-19-9-4-15-14-17(20-16-5-6-16)7-8-18(15)22(19)13-3-12-21-10-1-2-11-21/h7-8,14,16,20H,1-6,9-13H2. The summed E-state index contributed by atoms with van der Waals surface area (Å²) >= 11 is 0. The van der Waals surface area contributed by atoms with Crippen LogP contribution >= 0.6 is 0 Å². The minimum absolute atomic E-state index is 0.293. The molecule has 3 aliphatic rings. The molecule has 124 valence electrons. The molecule has 4 rings (SSSR count). The van der Waals surface area contributed by atoms with Gasteiger partial charge in [-0.1, -0.05) is 0 Å². The van der Waals surface area contributed by atoms with E-state index in [9.17, 15) is 4.79 Å². The van der Waals surface area contributed by atoms with E-state index in [2.05, 4.69) is 28.4 Å². The van der Waals surface area contributed by atoms with Crippen LogP contribution in [0.3, 0.4) is 0 Å². The molecule has 1 aromatic rings. The molecule has 0 aromatic heterocycles. The molecule has 23 heavy (non-hydrogen) atoms. The van der Waals surface area contributed by atoms with E-state index in [1.807, 2.05) is 4.90 Å². The van der Waals surface area contributed by atoms with Gasteiger partial charge >= 0.3 is 0 Å². The molecule has 2 fully saturated rings. The molecule has 1 N–H and O–H groups in total. The highest BCUT2D eigenvalue weighted by Crippen LogP contribution is 2.32. The van der Waals surface area contributed by atoms with Crippen molar-refractivity contribution >= 4 is 17.3 Å². The Morgan fingerprint density at radius 2 is 1.91 bits per heavy atom. The molecule has 0 atom stereocenters. The van der Waals surface area contributed by atoms with Crippen LogP contribution in [-0.4, -0.2) is 43.0 Å². The number of nitrogens with one attached hydrogen (secondary N) is 1. The lowest BCUT2D eigenvalue weighted by atomic mass is 10.00. The summed E-state index contributed by atoms with van der Waals surface area (Å²) in [5.41, 5.74) is 3.69. The lowest BCUT2D eigenvalue weighted by molar-refractivity contribution is -0.118. The number of hydrogen-bond donors (Lipinski definition) is 1. The van der Waals surface area contributed by atoms with E-state index < -0.39 is 0 Å². The zero-order chi connectivity index (χ0) is 15.6. The second kappa shape index (κ2) is 6.52. The molecular formula is C19H27N3O. The van der Waals surface area contributed by atoms with Crippen molar-refractivity contribution in [1.29, 1.82) is 0 Å². The Hall–Kier alpha value is -1.55. The van der Waals surface area contributed by atoms with E-state index in [0.29, 0.717) is 18.4 Å². The van der Waals surface area contributed by atoms with Crippen LogP contribution < -0.4 is 10.2 Å². The molecule has 0 bridgehead atoms. The zero-order valence-corrected chi connectivity index (χ0v) is 13.9. The quantitative estimate of drug-likeness (QED) is 0.877. The number of amides is 1. The van der Waals surface area contributed by atoms with Gasteiger partial charge in [-0.15, -0.1) is 0 Å². The Morgan fingerprint density at radius 3 is 2.70 bits per heavy atom. The number of rotatable bonds is 6. The first-order valence-corrected chi connectivity index (χ1v) is 9.22. The van der Waals surface area contributed by atoms with Crippen LogP contribution in [-0.2, 0) is 11.2 Å². The molecule has 0 radical (unpaired) electrons. The van der Waals surface area contributed by atoms with Crippen LogP contribution in [0.15, 0.2) is 18.2 Å². The molecular weight excluding hydrogens is 286 g/mol. The second-order valence-electron chi connectivity index (χ2n) is 7.21. The first-order valence-electron chi connectivity index (χ1n) is 9.22. The van der Waals surface area contributed by atoms with Gasteiger partial charge in [0.1, 0.15) is 0 Å². The molecule has 1 saturated carbocycles. The predicted octanol–water partition coefficient (Wildman–Crippen LogP) is 3.03. The van der Waals surface area contributed by atoms with E-state index in [1.165, 1.54) is 50.0 Å². The summed E-state index contributed by atoms with van der Waals surface area (Å²) < 4.78 is 0. The molecule has 1 aliphatic carbocycles. The SMILES string of the molecule is O=C1CCc2cc(NC3CC3)ccc2N1CCCN1CCCC1. The van der Waals surface area contributed by atoms with Crippen LogP contribution in [0, 0.1) is 0 Å². The maximum atomic E-state index is 12.4. The van der Waals surface area contributed by atoms with E-state index in [1.54, 1.807) is 0 Å². The van der Waals surface area contributed by atoms with Crippen molar-refractivity contribution in [3.8, 4) is 0 Å². The minimum Gasteiger partial charge on any atom is -0.382 e. The zero-order valence-electron chi connectivity index (χ0n) is 13.9. The van der Waals surface area contributed by atoms with Crippen LogP contribution in [0.4, 0.5) is 11.4 Å². The van der Waals surface area contributed by atoms with Crippen LogP contribution in [0.1, 0.15) is 44.1 Å². The van der Waals surface area contributed by atoms with Gasteiger partial charge in [0.05, 0.1) is 0 Å². The topological polar surface area (TPSA) is 35.6 Å². The Bertz CT molecular complexity index is 576. The van der Waals surface area contributed by atoms with Gasteiger partial charge in [0.25, 0.3) is 0 Å². The smallest absolute Gasteiger partial charge is 0.227 e. The van der Waals surface area contributed by atoms with Crippen molar-refractivity contribution < 1.29 is 4.79 Å². The Morgan fingerprint density at radius 1 is 1.09 bits per heavy atom. The number of likely N-dealkylation sites (tertiary alicyclic amines) is 1. The van der Waals surface area contributed by atoms with Gasteiger partial charge < -0.3 is 15.1 Å². The number of aryl methyl sites for hydroxylation is 1. The number of carbonyl (C=O) groups is 1. The lowest BCUT2D eigenvalue weighted by Crippen LogP contribution is -2.37. The molecule has 1 aromatic carbocycles. The molecule has 1 amide bonds. The summed E-state index contributed by atoms with van der Waals surface area (Å²) in [6, 6.07) is 7.22. The molecule has 0 spiro atoms. The van der Waals surface area contributed by atoms with Crippen LogP contribution in [0.2, 0.25) is 0 Å². The first-order chi connectivity index (χ1) is 11.3. The summed E-state index contributed by atoms with van der Waals surface area (Å²) in [6.45, 7) is 4.46. The minimum atomic E-state index is 0.293. The van der Waals surface area contributed by atoms with Crippen LogP contribution in [0.25, 0.3) is 0 Å². The molecule has 2 aliphatic heterocycles. The van der Waals surface area contributed by atoms with E-state index in [-0.39, 0.29) is 0 Å². The largest absolute Gasteiger partial charge is 0.382 e. The maximum absolute atomic E-state index is 12.4. The van der Waals surface area contributed by atoms with Gasteiger partial charge in [0, 0.05) is 30.4 Å². The van der Waals surface area contributed by atoms with Crippen molar-refractivity contribution in [2.75, 3.05) is 36.4 Å². The Balaban J connectivity index is 1.41. The highest BCUT2D eigenvalue weighted by Gasteiger charge is 2.25. The lowest BCUT2D eigenvalue weighted by Gasteiger charge is -2.30. The van der Waals surface area contributed by atoms with E-state index >= 15 is 0 Å². The number of hydrogen-bond acceptors (Lipinski definition) is 3. The average Bonchev–Trinajstić information content (AvgIpc) is 3.21. The molecule has 4 nitrogen and oxygen atoms in total. The van der Waals surface area contributed by atoms with Crippen molar-refractivity contribution in [1.82, 2.24) is 4.90 Å². The van der Waals surface area contributed by atoms with E-state index in [0.717, 1.165) is 31.6 Å². The van der Waals surface area contributed by atoms with Gasteiger partial charge in [-0.3, -0.25) is 4.79 Å². The first kappa shape index (κ1) is 15.0. The normalized spacial score (nSPS) is 21.6. The monoisotopic (exact) mass is 313 g/mol. The maximum Gasteiger partial charge on any atom is 0.227 e. The fourth-order valence-corrected chi connectivity index (χ4v) is 3.82.